The lowest BCUT2D eigenvalue weighted by molar-refractivity contribution is 0.626. The summed E-state index contributed by atoms with van der Waals surface area (Å²) in [6, 6.07) is 6.21. The standard InChI is InChI=1S/C12H8ClFN4/c1-7-17-12-10(11(13)15-6-16-12)18(7)9-4-2-3-8(14)5-9/h2-6H,1H3. The van der Waals surface area contributed by atoms with Crippen LogP contribution in [0, 0.1) is 12.7 Å². The molecule has 18 heavy (non-hydrogen) atoms. The Morgan fingerprint density at radius 1 is 1.28 bits per heavy atom. The number of hydrogen-bond donors (Lipinski definition) is 0. The summed E-state index contributed by atoms with van der Waals surface area (Å²) in [4.78, 5) is 12.3. The van der Waals surface area contributed by atoms with Gasteiger partial charge in [0.25, 0.3) is 0 Å². The Kier molecular flexibility index (Phi) is 2.48. The summed E-state index contributed by atoms with van der Waals surface area (Å²) in [6.07, 6.45) is 1.35. The molecule has 0 spiro atoms. The van der Waals surface area contributed by atoms with Crippen molar-refractivity contribution in [3.05, 3.63) is 47.4 Å². The highest BCUT2D eigenvalue weighted by atomic mass is 35.5. The number of rotatable bonds is 1. The summed E-state index contributed by atoms with van der Waals surface area (Å²) in [5, 5.41) is 0.296. The maximum atomic E-state index is 13.3. The molecule has 1 aromatic carbocycles. The molecule has 2 aromatic heterocycles. The van der Waals surface area contributed by atoms with E-state index < -0.39 is 0 Å². The van der Waals surface area contributed by atoms with Crippen LogP contribution in [0.4, 0.5) is 4.39 Å². The van der Waals surface area contributed by atoms with Crippen molar-refractivity contribution >= 4 is 22.8 Å². The second-order valence-corrected chi connectivity index (χ2v) is 4.17. The van der Waals surface area contributed by atoms with Gasteiger partial charge < -0.3 is 0 Å². The Bertz CT molecular complexity index is 738. The number of aromatic nitrogens is 4. The average Bonchev–Trinajstić information content (AvgIpc) is 2.67. The van der Waals surface area contributed by atoms with Crippen LogP contribution in [0.2, 0.25) is 5.15 Å². The molecule has 0 saturated carbocycles. The van der Waals surface area contributed by atoms with E-state index in [1.165, 1.54) is 18.5 Å². The van der Waals surface area contributed by atoms with Crippen molar-refractivity contribution in [2.75, 3.05) is 0 Å². The minimum Gasteiger partial charge on any atom is -0.292 e. The van der Waals surface area contributed by atoms with Crippen LogP contribution in [-0.4, -0.2) is 19.5 Å². The maximum Gasteiger partial charge on any atom is 0.182 e. The van der Waals surface area contributed by atoms with Gasteiger partial charge in [0.15, 0.2) is 10.8 Å². The average molecular weight is 263 g/mol. The van der Waals surface area contributed by atoms with E-state index in [2.05, 4.69) is 15.0 Å². The van der Waals surface area contributed by atoms with E-state index in [1.54, 1.807) is 16.7 Å². The van der Waals surface area contributed by atoms with Gasteiger partial charge in [-0.3, -0.25) is 4.57 Å². The molecule has 0 bridgehead atoms. The molecule has 6 heteroatoms. The van der Waals surface area contributed by atoms with Crippen LogP contribution < -0.4 is 0 Å². The van der Waals surface area contributed by atoms with E-state index in [0.717, 1.165) is 0 Å². The van der Waals surface area contributed by atoms with Crippen LogP contribution in [0.3, 0.4) is 0 Å². The second-order valence-electron chi connectivity index (χ2n) is 3.81. The summed E-state index contributed by atoms with van der Waals surface area (Å²) in [7, 11) is 0. The predicted molar refractivity (Wildman–Crippen MR) is 66.4 cm³/mol. The summed E-state index contributed by atoms with van der Waals surface area (Å²) in [6.45, 7) is 1.81. The van der Waals surface area contributed by atoms with E-state index >= 15 is 0 Å². The van der Waals surface area contributed by atoms with Crippen LogP contribution in [0.25, 0.3) is 16.9 Å². The molecule has 0 aliphatic rings. The smallest absolute Gasteiger partial charge is 0.182 e. The lowest BCUT2D eigenvalue weighted by Gasteiger charge is -2.06. The normalized spacial score (nSPS) is 11.1. The zero-order valence-corrected chi connectivity index (χ0v) is 10.2. The van der Waals surface area contributed by atoms with Crippen molar-refractivity contribution in [3.8, 4) is 5.69 Å². The first-order valence-corrected chi connectivity index (χ1v) is 5.66. The monoisotopic (exact) mass is 262 g/mol. The molecule has 0 aliphatic heterocycles. The molecule has 2 heterocycles. The van der Waals surface area contributed by atoms with Gasteiger partial charge in [-0.05, 0) is 25.1 Å². The number of nitrogens with zero attached hydrogens (tertiary/aromatic N) is 4. The van der Waals surface area contributed by atoms with Crippen LogP contribution in [-0.2, 0) is 0 Å². The molecule has 0 radical (unpaired) electrons. The highest BCUT2D eigenvalue weighted by Crippen LogP contribution is 2.24. The van der Waals surface area contributed by atoms with E-state index in [9.17, 15) is 4.39 Å². The molecule has 3 aromatic rings. The van der Waals surface area contributed by atoms with Crippen LogP contribution in [0.15, 0.2) is 30.6 Å². The van der Waals surface area contributed by atoms with Crippen molar-refractivity contribution in [2.24, 2.45) is 0 Å². The molecular weight excluding hydrogens is 255 g/mol. The Balaban J connectivity index is 2.38. The van der Waals surface area contributed by atoms with Gasteiger partial charge in [0.05, 0.1) is 5.69 Å². The van der Waals surface area contributed by atoms with Gasteiger partial charge in [0, 0.05) is 0 Å². The maximum absolute atomic E-state index is 13.3. The third kappa shape index (κ3) is 1.64. The molecule has 0 amide bonds. The SMILES string of the molecule is Cc1nc2ncnc(Cl)c2n1-c1cccc(F)c1. The Morgan fingerprint density at radius 3 is 2.89 bits per heavy atom. The highest BCUT2D eigenvalue weighted by molar-refractivity contribution is 6.33. The van der Waals surface area contributed by atoms with Gasteiger partial charge in [-0.15, -0.1) is 0 Å². The van der Waals surface area contributed by atoms with Crippen molar-refractivity contribution in [1.29, 1.82) is 0 Å². The van der Waals surface area contributed by atoms with Gasteiger partial charge in [0.2, 0.25) is 0 Å². The molecule has 0 saturated heterocycles. The predicted octanol–water partition coefficient (Wildman–Crippen LogP) is 2.92. The largest absolute Gasteiger partial charge is 0.292 e. The number of benzene rings is 1. The minimum absolute atomic E-state index is 0.296. The number of imidazole rings is 1. The fourth-order valence-electron chi connectivity index (χ4n) is 1.92. The quantitative estimate of drug-likeness (QED) is 0.634. The lowest BCUT2D eigenvalue weighted by atomic mass is 10.3. The first kappa shape index (κ1) is 11.1. The zero-order chi connectivity index (χ0) is 12.7. The first-order chi connectivity index (χ1) is 8.66. The molecule has 0 atom stereocenters. The summed E-state index contributed by atoms with van der Waals surface area (Å²) in [5.41, 5.74) is 1.73. The van der Waals surface area contributed by atoms with Crippen molar-refractivity contribution in [2.45, 2.75) is 6.92 Å². The molecule has 0 N–H and O–H groups in total. The van der Waals surface area contributed by atoms with E-state index in [0.29, 0.717) is 27.8 Å². The second kappa shape index (κ2) is 4.03. The van der Waals surface area contributed by atoms with Crippen molar-refractivity contribution < 1.29 is 4.39 Å². The molecule has 4 nitrogen and oxygen atoms in total. The summed E-state index contributed by atoms with van der Waals surface area (Å²) in [5.74, 6) is 0.361. The fraction of sp³-hybridized carbons (Fsp3) is 0.0833. The Labute approximate surface area is 107 Å². The molecule has 3 rings (SSSR count). The van der Waals surface area contributed by atoms with Gasteiger partial charge >= 0.3 is 0 Å². The molecule has 0 unspecified atom stereocenters. The number of fused-ring (bicyclic) bond motifs is 1. The molecule has 0 fully saturated rings. The van der Waals surface area contributed by atoms with Gasteiger partial charge in [-0.2, -0.15) is 0 Å². The Morgan fingerprint density at radius 2 is 2.11 bits per heavy atom. The Hall–Kier alpha value is -2.01. The summed E-state index contributed by atoms with van der Waals surface area (Å²) < 4.78 is 15.0. The van der Waals surface area contributed by atoms with Gasteiger partial charge in [-0.1, -0.05) is 17.7 Å². The van der Waals surface area contributed by atoms with E-state index in [-0.39, 0.29) is 5.82 Å². The van der Waals surface area contributed by atoms with Gasteiger partial charge in [-0.25, -0.2) is 19.3 Å². The van der Waals surface area contributed by atoms with Crippen molar-refractivity contribution in [3.63, 3.8) is 0 Å². The lowest BCUT2D eigenvalue weighted by Crippen LogP contribution is -1.98. The van der Waals surface area contributed by atoms with Crippen LogP contribution in [0.5, 0.6) is 0 Å². The number of halogens is 2. The zero-order valence-electron chi connectivity index (χ0n) is 9.43. The topological polar surface area (TPSA) is 43.6 Å². The van der Waals surface area contributed by atoms with E-state index in [4.69, 9.17) is 11.6 Å². The third-order valence-corrected chi connectivity index (χ3v) is 2.92. The highest BCUT2D eigenvalue weighted by Gasteiger charge is 2.14. The van der Waals surface area contributed by atoms with Crippen LogP contribution >= 0.6 is 11.6 Å². The molecular formula is C12H8ClFN4. The number of hydrogen-bond acceptors (Lipinski definition) is 3. The summed E-state index contributed by atoms with van der Waals surface area (Å²) >= 11 is 6.06. The first-order valence-electron chi connectivity index (χ1n) is 5.28. The molecule has 90 valence electrons. The van der Waals surface area contributed by atoms with Crippen molar-refractivity contribution in [1.82, 2.24) is 19.5 Å². The minimum atomic E-state index is -0.318. The molecule has 0 aliphatic carbocycles. The van der Waals surface area contributed by atoms with Crippen LogP contribution in [0.1, 0.15) is 5.82 Å². The third-order valence-electron chi connectivity index (χ3n) is 2.64. The van der Waals surface area contributed by atoms with Gasteiger partial charge in [0.1, 0.15) is 23.5 Å². The number of aryl methyl sites for hydroxylation is 1. The fourth-order valence-corrected chi connectivity index (χ4v) is 2.13. The van der Waals surface area contributed by atoms with E-state index in [1.807, 2.05) is 6.92 Å².